The van der Waals surface area contributed by atoms with E-state index >= 15 is 0 Å². The molecule has 58 valence electrons. The van der Waals surface area contributed by atoms with Crippen LogP contribution in [0.15, 0.2) is 0 Å². The van der Waals surface area contributed by atoms with Gasteiger partial charge in [-0.2, -0.15) is 0 Å². The Balaban J connectivity index is 3.82. The van der Waals surface area contributed by atoms with Gasteiger partial charge in [-0.15, -0.1) is 5.28 Å². The monoisotopic (exact) mass is 154 g/mol. The summed E-state index contributed by atoms with van der Waals surface area (Å²) < 4.78 is 0. The fourth-order valence-corrected chi connectivity index (χ4v) is 1.85. The van der Waals surface area contributed by atoms with Crippen molar-refractivity contribution in [2.75, 3.05) is 0 Å². The molecule has 0 spiro atoms. The standard InChI is InChI=1S/C9H19.Al/c1-6-7-9(4,5)8(2)3;/h8H,2,6-7H2,1,3-5H3;. The first-order valence-corrected chi connectivity index (χ1v) is 5.06. The van der Waals surface area contributed by atoms with Crippen LogP contribution in [0, 0.1) is 11.3 Å². The highest BCUT2D eigenvalue weighted by molar-refractivity contribution is 6.08. The zero-order valence-corrected chi connectivity index (χ0v) is 8.93. The van der Waals surface area contributed by atoms with Gasteiger partial charge in [0, 0.05) is 0 Å². The molecule has 0 aromatic rings. The van der Waals surface area contributed by atoms with E-state index < -0.39 is 0 Å². The summed E-state index contributed by atoms with van der Waals surface area (Å²) in [5, 5.41) is 1.23. The number of rotatable bonds is 4. The first kappa shape index (κ1) is 10.5. The first-order valence-electron chi connectivity index (χ1n) is 4.24. The third-order valence-corrected chi connectivity index (χ3v) is 3.29. The number of hydrogen-bond acceptors (Lipinski definition) is 0. The van der Waals surface area contributed by atoms with Crippen molar-refractivity contribution in [3.05, 3.63) is 0 Å². The second kappa shape index (κ2) is 4.42. The first-order chi connectivity index (χ1) is 4.54. The van der Waals surface area contributed by atoms with Gasteiger partial charge in [0.05, 0.1) is 0 Å². The van der Waals surface area contributed by atoms with Gasteiger partial charge in [-0.3, -0.25) is 0 Å². The highest BCUT2D eigenvalue weighted by Gasteiger charge is 2.22. The molecule has 0 aromatic heterocycles. The number of hydrogen-bond donors (Lipinski definition) is 0. The van der Waals surface area contributed by atoms with Crippen molar-refractivity contribution in [3.8, 4) is 0 Å². The van der Waals surface area contributed by atoms with Crippen LogP contribution in [-0.2, 0) is 0 Å². The van der Waals surface area contributed by atoms with Crippen LogP contribution in [0.3, 0.4) is 0 Å². The molecule has 0 fully saturated rings. The maximum Gasteiger partial charge on any atom is 0.118 e. The highest BCUT2D eigenvalue weighted by atomic mass is 27.0. The zero-order chi connectivity index (χ0) is 8.20. The SMILES string of the molecule is CCCC(C)(C)C(C)[CH2][Al]. The van der Waals surface area contributed by atoms with Crippen molar-refractivity contribution in [3.63, 3.8) is 0 Å². The quantitative estimate of drug-likeness (QED) is 0.546. The van der Waals surface area contributed by atoms with Gasteiger partial charge < -0.3 is 0 Å². The average molecular weight is 154 g/mol. The molecule has 0 aliphatic carbocycles. The highest BCUT2D eigenvalue weighted by Crippen LogP contribution is 2.33. The molecule has 0 aliphatic heterocycles. The van der Waals surface area contributed by atoms with Gasteiger partial charge in [-0.05, 0) is 11.8 Å². The molecule has 0 aliphatic rings. The normalized spacial score (nSPS) is 15.2. The lowest BCUT2D eigenvalue weighted by atomic mass is 9.77. The summed E-state index contributed by atoms with van der Waals surface area (Å²) in [7, 11) is 0. The zero-order valence-electron chi connectivity index (χ0n) is 7.78. The van der Waals surface area contributed by atoms with Crippen LogP contribution in [0.2, 0.25) is 5.28 Å². The molecule has 0 heterocycles. The summed E-state index contributed by atoms with van der Waals surface area (Å²) >= 11 is 2.83. The van der Waals surface area contributed by atoms with Crippen LogP contribution in [0.1, 0.15) is 40.5 Å². The minimum atomic E-state index is 0.538. The van der Waals surface area contributed by atoms with Crippen LogP contribution in [0.25, 0.3) is 0 Å². The Bertz CT molecular complexity index is 86.7. The second-order valence-corrected chi connectivity index (χ2v) is 4.35. The predicted molar refractivity (Wildman–Crippen MR) is 48.4 cm³/mol. The summed E-state index contributed by atoms with van der Waals surface area (Å²) in [6.45, 7) is 9.33. The van der Waals surface area contributed by atoms with Crippen molar-refractivity contribution < 1.29 is 0 Å². The molecule has 2 radical (unpaired) electrons. The molecule has 1 unspecified atom stereocenters. The fourth-order valence-electron chi connectivity index (χ4n) is 1.21. The van der Waals surface area contributed by atoms with E-state index in [-0.39, 0.29) is 0 Å². The molecule has 0 saturated carbocycles. The molecule has 0 bridgehead atoms. The van der Waals surface area contributed by atoms with Crippen LogP contribution in [0.5, 0.6) is 0 Å². The van der Waals surface area contributed by atoms with E-state index in [1.54, 1.807) is 0 Å². The van der Waals surface area contributed by atoms with Gasteiger partial charge in [-0.1, -0.05) is 40.0 Å². The van der Waals surface area contributed by atoms with E-state index in [9.17, 15) is 0 Å². The molecule has 0 N–H and O–H groups in total. The van der Waals surface area contributed by atoms with Gasteiger partial charge in [0.1, 0.15) is 16.3 Å². The Hall–Kier alpha value is 0.532. The molecule has 10 heavy (non-hydrogen) atoms. The fraction of sp³-hybridized carbons (Fsp3) is 1.00. The minimum Gasteiger partial charge on any atom is -0.115 e. The van der Waals surface area contributed by atoms with E-state index in [1.165, 1.54) is 18.1 Å². The van der Waals surface area contributed by atoms with Crippen molar-refractivity contribution >= 4 is 16.3 Å². The van der Waals surface area contributed by atoms with Crippen LogP contribution >= 0.6 is 0 Å². The molecule has 0 rings (SSSR count). The summed E-state index contributed by atoms with van der Waals surface area (Å²) in [5.41, 5.74) is 0.538. The van der Waals surface area contributed by atoms with E-state index in [2.05, 4.69) is 44.0 Å². The topological polar surface area (TPSA) is 0 Å². The van der Waals surface area contributed by atoms with Crippen LogP contribution in [-0.4, -0.2) is 16.3 Å². The van der Waals surface area contributed by atoms with Crippen molar-refractivity contribution in [2.24, 2.45) is 11.3 Å². The van der Waals surface area contributed by atoms with Crippen LogP contribution in [0.4, 0.5) is 0 Å². The van der Waals surface area contributed by atoms with Crippen molar-refractivity contribution in [1.82, 2.24) is 0 Å². The molecule has 1 heteroatoms. The Labute approximate surface area is 73.8 Å². The van der Waals surface area contributed by atoms with E-state index in [0.717, 1.165) is 5.92 Å². The van der Waals surface area contributed by atoms with Crippen molar-refractivity contribution in [1.29, 1.82) is 0 Å². The third kappa shape index (κ3) is 3.08. The minimum absolute atomic E-state index is 0.538. The van der Waals surface area contributed by atoms with E-state index in [1.807, 2.05) is 0 Å². The summed E-state index contributed by atoms with van der Waals surface area (Å²) in [4.78, 5) is 0. The molecule has 0 nitrogen and oxygen atoms in total. The summed E-state index contributed by atoms with van der Waals surface area (Å²) in [6, 6.07) is 0. The Morgan fingerprint density at radius 1 is 1.40 bits per heavy atom. The average Bonchev–Trinajstić information content (AvgIpc) is 1.86. The second-order valence-electron chi connectivity index (χ2n) is 3.88. The third-order valence-electron chi connectivity index (χ3n) is 2.58. The predicted octanol–water partition coefficient (Wildman–Crippen LogP) is 3.04. The molecule has 1 atom stereocenters. The van der Waals surface area contributed by atoms with Gasteiger partial charge in [-0.25, -0.2) is 0 Å². The lowest BCUT2D eigenvalue weighted by Crippen LogP contribution is -2.20. The summed E-state index contributed by atoms with van der Waals surface area (Å²) in [6.07, 6.45) is 2.66. The Morgan fingerprint density at radius 3 is 2.20 bits per heavy atom. The molecule has 0 amide bonds. The molecular weight excluding hydrogens is 135 g/mol. The molecule has 0 saturated heterocycles. The van der Waals surface area contributed by atoms with Gasteiger partial charge in [0.15, 0.2) is 0 Å². The molecule has 0 aromatic carbocycles. The van der Waals surface area contributed by atoms with Crippen LogP contribution < -0.4 is 0 Å². The van der Waals surface area contributed by atoms with Gasteiger partial charge in [0.2, 0.25) is 0 Å². The van der Waals surface area contributed by atoms with Gasteiger partial charge >= 0.3 is 0 Å². The largest absolute Gasteiger partial charge is 0.118 e. The van der Waals surface area contributed by atoms with Gasteiger partial charge in [0.25, 0.3) is 0 Å². The summed E-state index contributed by atoms with van der Waals surface area (Å²) in [5.74, 6) is 0.831. The Morgan fingerprint density at radius 2 is 1.90 bits per heavy atom. The van der Waals surface area contributed by atoms with Crippen molar-refractivity contribution in [2.45, 2.75) is 45.8 Å². The maximum absolute atomic E-state index is 2.83. The lowest BCUT2D eigenvalue weighted by molar-refractivity contribution is 0.227. The molecular formula is C9H19Al. The van der Waals surface area contributed by atoms with E-state index in [0.29, 0.717) is 5.41 Å². The Kier molecular flexibility index (Phi) is 4.65. The van der Waals surface area contributed by atoms with E-state index in [4.69, 9.17) is 0 Å². The maximum atomic E-state index is 2.83. The smallest absolute Gasteiger partial charge is 0.115 e. The lowest BCUT2D eigenvalue weighted by Gasteiger charge is -2.31.